The van der Waals surface area contributed by atoms with Crippen LogP contribution in [0.5, 0.6) is 0 Å². The van der Waals surface area contributed by atoms with Gasteiger partial charge >= 0.3 is 0 Å². The fraction of sp³-hybridized carbons (Fsp3) is 0.438. The van der Waals surface area contributed by atoms with Crippen LogP contribution >= 0.6 is 0 Å². The lowest BCUT2D eigenvalue weighted by molar-refractivity contribution is -0.115. The third-order valence-electron chi connectivity index (χ3n) is 4.04. The fourth-order valence-corrected chi connectivity index (χ4v) is 2.75. The fourth-order valence-electron chi connectivity index (χ4n) is 2.75. The number of hydrogen-bond donors (Lipinski definition) is 2. The van der Waals surface area contributed by atoms with Crippen molar-refractivity contribution in [1.29, 1.82) is 0 Å². The van der Waals surface area contributed by atoms with Gasteiger partial charge < -0.3 is 5.32 Å². The Morgan fingerprint density at radius 3 is 2.87 bits per heavy atom. The van der Waals surface area contributed by atoms with Gasteiger partial charge in [-0.1, -0.05) is 18.2 Å². The van der Waals surface area contributed by atoms with E-state index in [0.717, 1.165) is 31.8 Å². The summed E-state index contributed by atoms with van der Waals surface area (Å²) in [5.41, 5.74) is 0.366. The van der Waals surface area contributed by atoms with E-state index in [0.29, 0.717) is 17.4 Å². The van der Waals surface area contributed by atoms with Crippen LogP contribution in [-0.2, 0) is 18.3 Å². The molecular weight excluding hydrogens is 297 g/mol. The number of carbonyl (C=O) groups is 1. The molecule has 0 atom stereocenters. The summed E-state index contributed by atoms with van der Waals surface area (Å²) >= 11 is 0. The molecule has 2 N–H and O–H groups in total. The van der Waals surface area contributed by atoms with E-state index < -0.39 is 0 Å². The first-order chi connectivity index (χ1) is 11.1. The van der Waals surface area contributed by atoms with Crippen molar-refractivity contribution in [2.45, 2.75) is 25.2 Å². The number of aryl methyl sites for hydroxylation is 1. The second-order valence-corrected chi connectivity index (χ2v) is 5.76. The Bertz CT molecular complexity index is 694. The first kappa shape index (κ1) is 15.6. The number of aromatic nitrogens is 3. The molecular formula is C16H20FN5O. The number of carbonyl (C=O) groups excluding carboxylic acids is 1. The second-order valence-electron chi connectivity index (χ2n) is 5.76. The molecule has 1 fully saturated rings. The molecule has 0 unspecified atom stereocenters. The van der Waals surface area contributed by atoms with Gasteiger partial charge in [0.25, 0.3) is 0 Å². The van der Waals surface area contributed by atoms with Gasteiger partial charge in [0.05, 0.1) is 6.42 Å². The highest BCUT2D eigenvalue weighted by Gasteiger charge is 2.21. The van der Waals surface area contributed by atoms with Crippen molar-refractivity contribution in [3.8, 4) is 0 Å². The van der Waals surface area contributed by atoms with Crippen molar-refractivity contribution >= 4 is 11.9 Å². The molecule has 0 bridgehead atoms. The van der Waals surface area contributed by atoms with Gasteiger partial charge in [0, 0.05) is 13.0 Å². The van der Waals surface area contributed by atoms with E-state index in [1.165, 1.54) is 6.07 Å². The monoisotopic (exact) mass is 317 g/mol. The van der Waals surface area contributed by atoms with Gasteiger partial charge in [-0.05, 0) is 37.6 Å². The van der Waals surface area contributed by atoms with Crippen molar-refractivity contribution in [2.24, 2.45) is 7.05 Å². The molecule has 1 aliphatic heterocycles. The van der Waals surface area contributed by atoms with Gasteiger partial charge in [-0.2, -0.15) is 10.1 Å². The SMILES string of the molecule is Cn1nc(C2CCNCC2)nc1NC(=O)Cc1ccccc1F. The summed E-state index contributed by atoms with van der Waals surface area (Å²) in [6.07, 6.45) is 1.96. The smallest absolute Gasteiger partial charge is 0.231 e. The maximum Gasteiger partial charge on any atom is 0.231 e. The summed E-state index contributed by atoms with van der Waals surface area (Å²) in [5, 5.41) is 10.4. The zero-order valence-corrected chi connectivity index (χ0v) is 13.1. The highest BCUT2D eigenvalue weighted by Crippen LogP contribution is 2.23. The molecule has 1 amide bonds. The number of benzene rings is 1. The maximum atomic E-state index is 13.6. The number of piperidine rings is 1. The van der Waals surface area contributed by atoms with Gasteiger partial charge in [0.15, 0.2) is 5.82 Å². The van der Waals surface area contributed by atoms with E-state index in [1.807, 2.05) is 0 Å². The van der Waals surface area contributed by atoms with E-state index in [-0.39, 0.29) is 18.1 Å². The molecule has 2 aromatic rings. The zero-order chi connectivity index (χ0) is 16.2. The predicted molar refractivity (Wildman–Crippen MR) is 84.6 cm³/mol. The first-order valence-electron chi connectivity index (χ1n) is 7.78. The summed E-state index contributed by atoms with van der Waals surface area (Å²) in [7, 11) is 1.75. The van der Waals surface area contributed by atoms with Crippen molar-refractivity contribution in [1.82, 2.24) is 20.1 Å². The van der Waals surface area contributed by atoms with E-state index in [9.17, 15) is 9.18 Å². The van der Waals surface area contributed by atoms with E-state index in [4.69, 9.17) is 0 Å². The third kappa shape index (κ3) is 3.73. The Hall–Kier alpha value is -2.28. The summed E-state index contributed by atoms with van der Waals surface area (Å²) < 4.78 is 15.2. The highest BCUT2D eigenvalue weighted by molar-refractivity contribution is 5.90. The molecule has 6 nitrogen and oxygen atoms in total. The molecule has 7 heteroatoms. The van der Waals surface area contributed by atoms with E-state index >= 15 is 0 Å². The normalized spacial score (nSPS) is 15.6. The molecule has 122 valence electrons. The molecule has 1 aromatic carbocycles. The highest BCUT2D eigenvalue weighted by atomic mass is 19.1. The van der Waals surface area contributed by atoms with Crippen LogP contribution in [0.1, 0.15) is 30.1 Å². The van der Waals surface area contributed by atoms with Crippen LogP contribution in [0.2, 0.25) is 0 Å². The molecule has 0 aliphatic carbocycles. The average Bonchev–Trinajstić information content (AvgIpc) is 2.91. The number of nitrogens with one attached hydrogen (secondary N) is 2. The Balaban J connectivity index is 1.66. The minimum atomic E-state index is -0.379. The minimum absolute atomic E-state index is 0.0256. The average molecular weight is 317 g/mol. The van der Waals surface area contributed by atoms with Gasteiger partial charge in [-0.3, -0.25) is 10.1 Å². The number of anilines is 1. The molecule has 0 spiro atoms. The predicted octanol–water partition coefficient (Wildman–Crippen LogP) is 1.60. The lowest BCUT2D eigenvalue weighted by Crippen LogP contribution is -2.27. The maximum absolute atomic E-state index is 13.6. The minimum Gasteiger partial charge on any atom is -0.317 e. The molecule has 0 radical (unpaired) electrons. The molecule has 0 saturated carbocycles. The Kier molecular flexibility index (Phi) is 4.66. The topological polar surface area (TPSA) is 71.8 Å². The van der Waals surface area contributed by atoms with Crippen molar-refractivity contribution in [3.05, 3.63) is 41.5 Å². The standard InChI is InChI=1S/C16H20FN5O/c1-22-16(20-15(21-22)11-6-8-18-9-7-11)19-14(23)10-12-4-2-3-5-13(12)17/h2-5,11,18H,6-10H2,1H3,(H,19,20,21,23). The Morgan fingerprint density at radius 1 is 1.39 bits per heavy atom. The van der Waals surface area contributed by atoms with Crippen LogP contribution in [0.3, 0.4) is 0 Å². The first-order valence-corrected chi connectivity index (χ1v) is 7.78. The van der Waals surface area contributed by atoms with Crippen LogP contribution in [0.25, 0.3) is 0 Å². The summed E-state index contributed by atoms with van der Waals surface area (Å²) in [4.78, 5) is 16.5. The van der Waals surface area contributed by atoms with Crippen molar-refractivity contribution in [3.63, 3.8) is 0 Å². The second kappa shape index (κ2) is 6.87. The number of nitrogens with zero attached hydrogens (tertiary/aromatic N) is 3. The summed E-state index contributed by atoms with van der Waals surface area (Å²) in [6.45, 7) is 1.91. The van der Waals surface area contributed by atoms with Gasteiger partial charge in [-0.25, -0.2) is 9.07 Å². The molecule has 23 heavy (non-hydrogen) atoms. The molecule has 1 saturated heterocycles. The van der Waals surface area contributed by atoms with Gasteiger partial charge in [0.1, 0.15) is 5.82 Å². The number of halogens is 1. The molecule has 1 aromatic heterocycles. The van der Waals surface area contributed by atoms with Crippen LogP contribution in [0.4, 0.5) is 10.3 Å². The summed E-state index contributed by atoms with van der Waals surface area (Å²) in [5.74, 6) is 0.799. The van der Waals surface area contributed by atoms with Crippen LogP contribution in [0.15, 0.2) is 24.3 Å². The van der Waals surface area contributed by atoms with Gasteiger partial charge in [-0.15, -0.1) is 0 Å². The van der Waals surface area contributed by atoms with Crippen LogP contribution < -0.4 is 10.6 Å². The lowest BCUT2D eigenvalue weighted by Gasteiger charge is -2.19. The Morgan fingerprint density at radius 2 is 2.13 bits per heavy atom. The third-order valence-corrected chi connectivity index (χ3v) is 4.04. The number of hydrogen-bond acceptors (Lipinski definition) is 4. The number of amides is 1. The Labute approximate surface area is 134 Å². The quantitative estimate of drug-likeness (QED) is 0.898. The summed E-state index contributed by atoms with van der Waals surface area (Å²) in [6, 6.07) is 6.26. The number of rotatable bonds is 4. The largest absolute Gasteiger partial charge is 0.317 e. The molecule has 1 aliphatic rings. The van der Waals surface area contributed by atoms with Crippen LogP contribution in [0, 0.1) is 5.82 Å². The zero-order valence-electron chi connectivity index (χ0n) is 13.1. The van der Waals surface area contributed by atoms with Crippen molar-refractivity contribution < 1.29 is 9.18 Å². The van der Waals surface area contributed by atoms with E-state index in [2.05, 4.69) is 20.7 Å². The lowest BCUT2D eigenvalue weighted by atomic mass is 9.98. The van der Waals surface area contributed by atoms with Crippen LogP contribution in [-0.4, -0.2) is 33.8 Å². The molecule has 3 rings (SSSR count). The van der Waals surface area contributed by atoms with Crippen molar-refractivity contribution in [2.75, 3.05) is 18.4 Å². The van der Waals surface area contributed by atoms with E-state index in [1.54, 1.807) is 29.9 Å². The van der Waals surface area contributed by atoms with Gasteiger partial charge in [0.2, 0.25) is 11.9 Å². The molecule has 2 heterocycles.